The number of hydrogen-bond acceptors (Lipinski definition) is 4. The van der Waals surface area contributed by atoms with Crippen molar-refractivity contribution < 1.29 is 14.3 Å². The number of piperidine rings is 1. The molecular weight excluding hydrogens is 344 g/mol. The molecule has 0 bridgehead atoms. The van der Waals surface area contributed by atoms with E-state index < -0.39 is 0 Å². The van der Waals surface area contributed by atoms with Crippen molar-refractivity contribution in [1.82, 2.24) is 15.1 Å². The van der Waals surface area contributed by atoms with E-state index in [1.165, 1.54) is 0 Å². The number of nitrogens with one attached hydrogen (secondary N) is 1. The first-order valence-corrected chi connectivity index (χ1v) is 9.69. The number of allylic oxidation sites excluding steroid dienone is 5. The maximum atomic E-state index is 12.2. The van der Waals surface area contributed by atoms with Gasteiger partial charge in [-0.25, -0.2) is 4.79 Å². The van der Waals surface area contributed by atoms with Crippen LogP contribution in [-0.2, 0) is 9.53 Å². The van der Waals surface area contributed by atoms with Gasteiger partial charge in [-0.15, -0.1) is 0 Å². The van der Waals surface area contributed by atoms with Crippen LogP contribution >= 0.6 is 0 Å². The van der Waals surface area contributed by atoms with Gasteiger partial charge in [-0.2, -0.15) is 0 Å². The Hall–Kier alpha value is -2.12. The molecule has 3 N–H and O–H groups in total. The summed E-state index contributed by atoms with van der Waals surface area (Å²) in [5, 5.41) is 3.03. The Morgan fingerprint density at radius 1 is 1.15 bits per heavy atom. The lowest BCUT2D eigenvalue weighted by molar-refractivity contribution is -0.120. The van der Waals surface area contributed by atoms with Gasteiger partial charge in [0.2, 0.25) is 5.91 Å². The minimum Gasteiger partial charge on any atom is -0.378 e. The Morgan fingerprint density at radius 3 is 2.59 bits per heavy atom. The number of ether oxygens (including phenoxy) is 1. The zero-order valence-electron chi connectivity index (χ0n) is 16.2. The molecule has 0 aromatic rings. The molecule has 0 unspecified atom stereocenters. The lowest BCUT2D eigenvalue weighted by atomic mass is 9.92. The van der Waals surface area contributed by atoms with Gasteiger partial charge in [0.05, 0.1) is 19.8 Å². The second-order valence-corrected chi connectivity index (χ2v) is 6.99. The highest BCUT2D eigenvalue weighted by atomic mass is 16.5. The van der Waals surface area contributed by atoms with Crippen LogP contribution in [0, 0.1) is 5.92 Å². The maximum Gasteiger partial charge on any atom is 0.317 e. The average Bonchev–Trinajstić information content (AvgIpc) is 2.67. The maximum absolute atomic E-state index is 12.2. The fourth-order valence-corrected chi connectivity index (χ4v) is 3.46. The van der Waals surface area contributed by atoms with Crippen molar-refractivity contribution in [1.29, 1.82) is 0 Å². The number of hydrogen-bond donors (Lipinski definition) is 2. The van der Waals surface area contributed by atoms with Gasteiger partial charge >= 0.3 is 6.03 Å². The molecule has 2 heterocycles. The highest BCUT2D eigenvalue weighted by Gasteiger charge is 2.28. The number of likely N-dealkylation sites (tertiary alicyclic amines) is 1. The first-order chi connectivity index (χ1) is 13.1. The smallest absolute Gasteiger partial charge is 0.317 e. The van der Waals surface area contributed by atoms with Crippen molar-refractivity contribution in [3.8, 4) is 0 Å². The summed E-state index contributed by atoms with van der Waals surface area (Å²) in [6.07, 6.45) is 14.0. The third-order valence-electron chi connectivity index (χ3n) is 4.89. The van der Waals surface area contributed by atoms with Crippen LogP contribution in [0.4, 0.5) is 4.79 Å². The quantitative estimate of drug-likeness (QED) is 0.655. The molecule has 3 amide bonds. The summed E-state index contributed by atoms with van der Waals surface area (Å²) in [5.41, 5.74) is 5.43. The molecule has 0 aliphatic carbocycles. The fraction of sp³-hybridized carbons (Fsp3) is 0.600. The van der Waals surface area contributed by atoms with Gasteiger partial charge in [0, 0.05) is 32.2 Å². The molecule has 2 aliphatic rings. The molecule has 2 atom stereocenters. The van der Waals surface area contributed by atoms with Crippen molar-refractivity contribution in [2.75, 3.05) is 45.9 Å². The van der Waals surface area contributed by atoms with E-state index >= 15 is 0 Å². The number of carbonyl (C=O) groups is 2. The largest absolute Gasteiger partial charge is 0.378 e. The number of primary amides is 1. The topological polar surface area (TPSA) is 87.9 Å². The molecule has 7 nitrogen and oxygen atoms in total. The Balaban J connectivity index is 1.84. The summed E-state index contributed by atoms with van der Waals surface area (Å²) in [6.45, 7) is 6.04. The molecule has 0 radical (unpaired) electrons. The predicted octanol–water partition coefficient (Wildman–Crippen LogP) is 1.28. The van der Waals surface area contributed by atoms with Crippen LogP contribution < -0.4 is 11.1 Å². The molecule has 2 fully saturated rings. The minimum absolute atomic E-state index is 0.0316. The molecule has 0 spiro atoms. The Bertz CT molecular complexity index is 568. The average molecular weight is 377 g/mol. The summed E-state index contributed by atoms with van der Waals surface area (Å²) >= 11 is 0. The minimum atomic E-state index is -0.323. The van der Waals surface area contributed by atoms with E-state index in [4.69, 9.17) is 10.5 Å². The van der Waals surface area contributed by atoms with Gasteiger partial charge in [0.25, 0.3) is 0 Å². The summed E-state index contributed by atoms with van der Waals surface area (Å²) in [7, 11) is 0. The molecule has 2 saturated heterocycles. The molecule has 2 rings (SSSR count). The molecular formula is C20H32N4O3. The van der Waals surface area contributed by atoms with E-state index in [-0.39, 0.29) is 24.5 Å². The third kappa shape index (κ3) is 7.56. The van der Waals surface area contributed by atoms with Crippen molar-refractivity contribution in [2.45, 2.75) is 25.8 Å². The summed E-state index contributed by atoms with van der Waals surface area (Å²) in [6, 6.07) is 0.162. The number of amides is 3. The number of urea groups is 1. The number of carbonyl (C=O) groups excluding carboxylic acids is 2. The number of morpholine rings is 1. The standard InChI is InChI=1S/C20H32N4O3/c1-2-3-4-5-6-7-18-9-8-17(15-24(18)16-19(21)25)14-22-20(26)23-10-12-27-13-11-23/h2-7,17-18H,8-16H2,1H3,(H2,21,25)(H,22,26)/b3-2-,5-4-,7-6+/t17-,18-/m1/s1. The first-order valence-electron chi connectivity index (χ1n) is 9.69. The third-order valence-corrected chi connectivity index (χ3v) is 4.89. The van der Waals surface area contributed by atoms with Crippen molar-refractivity contribution >= 4 is 11.9 Å². The van der Waals surface area contributed by atoms with Crippen molar-refractivity contribution in [2.24, 2.45) is 11.7 Å². The zero-order chi connectivity index (χ0) is 19.5. The van der Waals surface area contributed by atoms with E-state index in [0.29, 0.717) is 38.8 Å². The van der Waals surface area contributed by atoms with Crippen LogP contribution in [-0.4, -0.2) is 73.7 Å². The monoisotopic (exact) mass is 376 g/mol. The van der Waals surface area contributed by atoms with Crippen LogP contribution in [0.3, 0.4) is 0 Å². The summed E-state index contributed by atoms with van der Waals surface area (Å²) in [5.74, 6) is -0.00609. The highest BCUT2D eigenvalue weighted by Crippen LogP contribution is 2.22. The normalized spacial score (nSPS) is 24.9. The van der Waals surface area contributed by atoms with Gasteiger partial charge in [0.15, 0.2) is 0 Å². The molecule has 0 aromatic heterocycles. The molecule has 0 saturated carbocycles. The van der Waals surface area contributed by atoms with Crippen LogP contribution in [0.2, 0.25) is 0 Å². The van der Waals surface area contributed by atoms with Gasteiger partial charge in [-0.1, -0.05) is 36.5 Å². The zero-order valence-corrected chi connectivity index (χ0v) is 16.2. The van der Waals surface area contributed by atoms with Gasteiger partial charge in [-0.05, 0) is 25.7 Å². The van der Waals surface area contributed by atoms with E-state index in [0.717, 1.165) is 19.4 Å². The molecule has 0 aromatic carbocycles. The number of rotatable bonds is 7. The van der Waals surface area contributed by atoms with E-state index in [9.17, 15) is 9.59 Å². The van der Waals surface area contributed by atoms with Crippen LogP contribution in [0.25, 0.3) is 0 Å². The van der Waals surface area contributed by atoms with Crippen LogP contribution in [0.1, 0.15) is 19.8 Å². The van der Waals surface area contributed by atoms with Gasteiger partial charge in [-0.3, -0.25) is 9.69 Å². The van der Waals surface area contributed by atoms with E-state index in [1.54, 1.807) is 4.90 Å². The fourth-order valence-electron chi connectivity index (χ4n) is 3.46. The summed E-state index contributed by atoms with van der Waals surface area (Å²) < 4.78 is 5.27. The van der Waals surface area contributed by atoms with E-state index in [1.807, 2.05) is 37.3 Å². The van der Waals surface area contributed by atoms with Crippen molar-refractivity contribution in [3.05, 3.63) is 36.5 Å². The Labute approximate surface area is 161 Å². The van der Waals surface area contributed by atoms with Crippen LogP contribution in [0.5, 0.6) is 0 Å². The SMILES string of the molecule is C\C=C/C=C\C=C\[C@@H]1CC[C@H](CNC(=O)N2CCOCC2)CN1CC(N)=O. The first kappa shape index (κ1) is 21.2. The Kier molecular flexibility index (Phi) is 9.07. The van der Waals surface area contributed by atoms with E-state index in [2.05, 4.69) is 16.3 Å². The van der Waals surface area contributed by atoms with Crippen molar-refractivity contribution in [3.63, 3.8) is 0 Å². The van der Waals surface area contributed by atoms with Gasteiger partial charge in [0.1, 0.15) is 0 Å². The van der Waals surface area contributed by atoms with Gasteiger partial charge < -0.3 is 20.7 Å². The second-order valence-electron chi connectivity index (χ2n) is 6.99. The molecule has 7 heteroatoms. The summed E-state index contributed by atoms with van der Waals surface area (Å²) in [4.78, 5) is 27.6. The predicted molar refractivity (Wildman–Crippen MR) is 106 cm³/mol. The molecule has 150 valence electrons. The highest BCUT2D eigenvalue weighted by molar-refractivity contribution is 5.76. The lowest BCUT2D eigenvalue weighted by Gasteiger charge is -2.38. The van der Waals surface area contributed by atoms with Crippen LogP contribution in [0.15, 0.2) is 36.5 Å². The lowest BCUT2D eigenvalue weighted by Crippen LogP contribution is -2.51. The second kappa shape index (κ2) is 11.6. The number of nitrogens with two attached hydrogens (primary N) is 1. The molecule has 27 heavy (non-hydrogen) atoms. The molecule has 2 aliphatic heterocycles. The Morgan fingerprint density at radius 2 is 1.89 bits per heavy atom. The number of nitrogens with zero attached hydrogens (tertiary/aromatic N) is 2.